The minimum absolute atomic E-state index is 0.0593. The van der Waals surface area contributed by atoms with Gasteiger partial charge in [-0.3, -0.25) is 23.7 Å². The summed E-state index contributed by atoms with van der Waals surface area (Å²) in [5.74, 6) is -0.245. The van der Waals surface area contributed by atoms with Gasteiger partial charge in [0.05, 0.1) is 18.1 Å². The maximum Gasteiger partial charge on any atom is 0.459 e. The molecule has 1 aromatic carbocycles. The Morgan fingerprint density at radius 2 is 2.00 bits per heavy atom. The van der Waals surface area contributed by atoms with Gasteiger partial charge in [-0.05, 0) is 38.8 Å². The second-order valence-corrected chi connectivity index (χ2v) is 10.6. The molecule has 0 spiro atoms. The predicted octanol–water partition coefficient (Wildman–Crippen LogP) is 2.68. The molecule has 0 bridgehead atoms. The molecular formula is C20H26N3O7PS. The molecule has 2 unspecified atom stereocenters. The lowest BCUT2D eigenvalue weighted by molar-refractivity contribution is -0.145. The molecule has 174 valence electrons. The molecule has 1 aromatic heterocycles. The van der Waals surface area contributed by atoms with Gasteiger partial charge in [0, 0.05) is 17.5 Å². The number of hydrogen-bond acceptors (Lipinski definition) is 8. The van der Waals surface area contributed by atoms with Crippen LogP contribution in [0.2, 0.25) is 0 Å². The summed E-state index contributed by atoms with van der Waals surface area (Å²) >= 11 is 1.48. The van der Waals surface area contributed by atoms with E-state index in [2.05, 4.69) is 10.1 Å². The summed E-state index contributed by atoms with van der Waals surface area (Å²) in [6.45, 7) is 3.18. The third kappa shape index (κ3) is 7.09. The van der Waals surface area contributed by atoms with Crippen LogP contribution in [0.3, 0.4) is 0 Å². The molecule has 2 aromatic rings. The molecule has 32 heavy (non-hydrogen) atoms. The largest absolute Gasteiger partial charge is 0.462 e. The van der Waals surface area contributed by atoms with Gasteiger partial charge in [-0.1, -0.05) is 18.2 Å². The predicted molar refractivity (Wildman–Crippen MR) is 121 cm³/mol. The number of carbonyl (C=O) groups is 1. The Hall–Kier alpha value is -2.33. The van der Waals surface area contributed by atoms with Crippen LogP contribution in [-0.4, -0.2) is 40.0 Å². The van der Waals surface area contributed by atoms with Gasteiger partial charge in [0.1, 0.15) is 12.3 Å². The summed E-state index contributed by atoms with van der Waals surface area (Å²) in [7, 11) is -3.88. The van der Waals surface area contributed by atoms with E-state index in [1.165, 1.54) is 28.6 Å². The molecule has 2 heterocycles. The third-order valence-electron chi connectivity index (χ3n) is 4.43. The van der Waals surface area contributed by atoms with Gasteiger partial charge < -0.3 is 9.26 Å². The van der Waals surface area contributed by atoms with Crippen LogP contribution in [0.15, 0.2) is 52.2 Å². The lowest BCUT2D eigenvalue weighted by atomic mass is 10.2. The summed E-state index contributed by atoms with van der Waals surface area (Å²) in [4.78, 5) is 37.4. The number of aromatic amines is 1. The summed E-state index contributed by atoms with van der Waals surface area (Å²) in [6, 6.07) is 9.81. The van der Waals surface area contributed by atoms with Crippen molar-refractivity contribution in [1.82, 2.24) is 14.6 Å². The van der Waals surface area contributed by atoms with Crippen molar-refractivity contribution >= 4 is 25.5 Å². The first-order chi connectivity index (χ1) is 15.2. The van der Waals surface area contributed by atoms with Gasteiger partial charge in [-0.15, -0.1) is 11.8 Å². The van der Waals surface area contributed by atoms with Gasteiger partial charge in [-0.2, -0.15) is 0 Å². The van der Waals surface area contributed by atoms with E-state index in [-0.39, 0.29) is 29.9 Å². The standard InChI is InChI=1S/C20H26N3O7PS/c1-14(2)29-19(25)12-21-31(27,30-15-6-4-3-5-7-15)28-13-16-8-9-18(32-16)23-11-10-17(24)22-20(23)26/h3-7,10-11,14,16,18H,8-9,12-13H2,1-2H3,(H,21,27)(H,22,24,26)/t16?,18?,31-/m0/s1. The molecule has 10 nitrogen and oxygen atoms in total. The molecule has 1 saturated heterocycles. The monoisotopic (exact) mass is 483 g/mol. The second kappa shape index (κ2) is 11.0. The average molecular weight is 483 g/mol. The summed E-state index contributed by atoms with van der Waals surface area (Å²) in [5.41, 5.74) is -0.921. The number of aromatic nitrogens is 2. The first-order valence-electron chi connectivity index (χ1n) is 10.1. The summed E-state index contributed by atoms with van der Waals surface area (Å²) in [6.07, 6.45) is 2.56. The topological polar surface area (TPSA) is 129 Å². The van der Waals surface area contributed by atoms with Crippen LogP contribution >= 0.6 is 19.5 Å². The van der Waals surface area contributed by atoms with Crippen molar-refractivity contribution in [2.75, 3.05) is 13.2 Å². The highest BCUT2D eigenvalue weighted by atomic mass is 32.2. The highest BCUT2D eigenvalue weighted by Gasteiger charge is 2.33. The van der Waals surface area contributed by atoms with E-state index >= 15 is 0 Å². The Balaban J connectivity index is 1.62. The molecule has 0 amide bonds. The second-order valence-electron chi connectivity index (χ2n) is 7.38. The van der Waals surface area contributed by atoms with E-state index in [9.17, 15) is 18.9 Å². The fourth-order valence-electron chi connectivity index (χ4n) is 3.04. The zero-order valence-electron chi connectivity index (χ0n) is 17.8. The Morgan fingerprint density at radius 3 is 2.69 bits per heavy atom. The van der Waals surface area contributed by atoms with E-state index in [0.717, 1.165) is 0 Å². The first-order valence-corrected chi connectivity index (χ1v) is 12.6. The summed E-state index contributed by atoms with van der Waals surface area (Å²) < 4.78 is 31.1. The van der Waals surface area contributed by atoms with E-state index in [0.29, 0.717) is 18.6 Å². The number of rotatable bonds is 10. The normalized spacial score (nSPS) is 20.1. The number of thioether (sulfide) groups is 1. The Morgan fingerprint density at radius 1 is 1.25 bits per heavy atom. The third-order valence-corrected chi connectivity index (χ3v) is 7.45. The number of hydrogen-bond donors (Lipinski definition) is 2. The zero-order chi connectivity index (χ0) is 23.1. The molecule has 2 N–H and O–H groups in total. The molecule has 1 fully saturated rings. The van der Waals surface area contributed by atoms with Crippen molar-refractivity contribution in [3.63, 3.8) is 0 Å². The maximum absolute atomic E-state index is 13.3. The number of nitrogens with one attached hydrogen (secondary N) is 2. The zero-order valence-corrected chi connectivity index (χ0v) is 19.5. The van der Waals surface area contributed by atoms with E-state index < -0.39 is 25.0 Å². The summed E-state index contributed by atoms with van der Waals surface area (Å²) in [5, 5.41) is 2.33. The van der Waals surface area contributed by atoms with Crippen LogP contribution in [0.4, 0.5) is 0 Å². The van der Waals surface area contributed by atoms with Gasteiger partial charge >= 0.3 is 19.4 Å². The van der Waals surface area contributed by atoms with Gasteiger partial charge in [0.2, 0.25) is 0 Å². The molecule has 12 heteroatoms. The SMILES string of the molecule is CC(C)OC(=O)CN[P@](=O)(OCC1CCC(n2ccc(=O)[nH]c2=O)S1)Oc1ccccc1. The van der Waals surface area contributed by atoms with Crippen LogP contribution in [0.1, 0.15) is 32.1 Å². The van der Waals surface area contributed by atoms with E-state index in [1.54, 1.807) is 44.2 Å². The van der Waals surface area contributed by atoms with Crippen molar-refractivity contribution in [2.45, 2.75) is 43.4 Å². The molecule has 0 saturated carbocycles. The number of nitrogens with zero attached hydrogens (tertiary/aromatic N) is 1. The Labute approximate surface area is 189 Å². The van der Waals surface area contributed by atoms with Crippen molar-refractivity contribution in [3.05, 3.63) is 63.4 Å². The van der Waals surface area contributed by atoms with Crippen LogP contribution < -0.4 is 20.9 Å². The molecule has 1 aliphatic heterocycles. The Kier molecular flexibility index (Phi) is 8.36. The number of benzene rings is 1. The lowest BCUT2D eigenvalue weighted by Gasteiger charge is -2.21. The molecule has 3 rings (SSSR count). The van der Waals surface area contributed by atoms with Gasteiger partial charge in [-0.25, -0.2) is 14.4 Å². The quantitative estimate of drug-likeness (QED) is 0.387. The van der Waals surface area contributed by atoms with Crippen LogP contribution in [0.5, 0.6) is 5.75 Å². The molecule has 0 aliphatic carbocycles. The van der Waals surface area contributed by atoms with Crippen molar-refractivity contribution in [3.8, 4) is 5.75 Å². The highest BCUT2D eigenvalue weighted by Crippen LogP contribution is 2.47. The fraction of sp³-hybridized carbons (Fsp3) is 0.450. The van der Waals surface area contributed by atoms with Gasteiger partial charge in [0.15, 0.2) is 0 Å². The van der Waals surface area contributed by atoms with Crippen LogP contribution in [0.25, 0.3) is 0 Å². The number of H-pyrrole nitrogens is 1. The number of para-hydroxylation sites is 1. The number of ether oxygens (including phenoxy) is 1. The average Bonchev–Trinajstić information content (AvgIpc) is 3.20. The molecule has 3 atom stereocenters. The van der Waals surface area contributed by atoms with Crippen molar-refractivity contribution < 1.29 is 23.1 Å². The molecule has 0 radical (unpaired) electrons. The minimum atomic E-state index is -3.88. The maximum atomic E-state index is 13.3. The molecular weight excluding hydrogens is 457 g/mol. The van der Waals surface area contributed by atoms with E-state index in [4.69, 9.17) is 13.8 Å². The lowest BCUT2D eigenvalue weighted by Crippen LogP contribution is -2.30. The van der Waals surface area contributed by atoms with Crippen molar-refractivity contribution in [2.24, 2.45) is 0 Å². The molecule has 1 aliphatic rings. The number of carbonyl (C=O) groups excluding carboxylic acids is 1. The highest BCUT2D eigenvalue weighted by molar-refractivity contribution is 8.00. The smallest absolute Gasteiger partial charge is 0.459 e. The van der Waals surface area contributed by atoms with Crippen LogP contribution in [-0.2, 0) is 18.6 Å². The number of esters is 1. The first kappa shape index (κ1) is 24.3. The van der Waals surface area contributed by atoms with Gasteiger partial charge in [0.25, 0.3) is 5.56 Å². The van der Waals surface area contributed by atoms with Crippen molar-refractivity contribution in [1.29, 1.82) is 0 Å². The minimum Gasteiger partial charge on any atom is -0.462 e. The van der Waals surface area contributed by atoms with Crippen LogP contribution in [0, 0.1) is 0 Å². The fourth-order valence-corrected chi connectivity index (χ4v) is 5.88. The van der Waals surface area contributed by atoms with E-state index in [1.807, 2.05) is 0 Å². The Bertz CT molecular complexity index is 1070.